The zero-order valence-electron chi connectivity index (χ0n) is 18.5. The first-order valence-electron chi connectivity index (χ1n) is 10.9. The van der Waals surface area contributed by atoms with Crippen molar-refractivity contribution >= 4 is 5.91 Å². The summed E-state index contributed by atoms with van der Waals surface area (Å²) in [6, 6.07) is 17.2. The minimum atomic E-state index is -0.130. The molecular formula is C25H29N3O4. The van der Waals surface area contributed by atoms with Crippen molar-refractivity contribution in [2.24, 2.45) is 0 Å². The summed E-state index contributed by atoms with van der Waals surface area (Å²) in [6.45, 7) is 8.00. The first kappa shape index (κ1) is 22.0. The highest BCUT2D eigenvalue weighted by atomic mass is 16.5. The molecule has 0 aliphatic carbocycles. The Labute approximate surface area is 188 Å². The highest BCUT2D eigenvalue weighted by Crippen LogP contribution is 2.20. The van der Waals surface area contributed by atoms with E-state index in [2.05, 4.69) is 27.5 Å². The van der Waals surface area contributed by atoms with Crippen molar-refractivity contribution in [3.05, 3.63) is 82.7 Å². The molecule has 0 bridgehead atoms. The number of carbonyl (C=O) groups excluding carboxylic acids is 1. The molecule has 1 amide bonds. The predicted molar refractivity (Wildman–Crippen MR) is 121 cm³/mol. The van der Waals surface area contributed by atoms with Crippen molar-refractivity contribution in [3.63, 3.8) is 0 Å². The summed E-state index contributed by atoms with van der Waals surface area (Å²) in [5.74, 6) is 1.24. The number of aromatic nitrogens is 1. The molecule has 1 saturated heterocycles. The first-order valence-corrected chi connectivity index (χ1v) is 10.9. The lowest BCUT2D eigenvalue weighted by Gasteiger charge is -2.31. The van der Waals surface area contributed by atoms with E-state index in [1.54, 1.807) is 12.1 Å². The maximum atomic E-state index is 13.1. The van der Waals surface area contributed by atoms with Crippen molar-refractivity contribution in [3.8, 4) is 5.75 Å². The maximum absolute atomic E-state index is 13.1. The van der Waals surface area contributed by atoms with Gasteiger partial charge >= 0.3 is 0 Å². The number of nitrogens with zero attached hydrogens (tertiary/aromatic N) is 2. The first-order chi connectivity index (χ1) is 15.6. The summed E-state index contributed by atoms with van der Waals surface area (Å²) in [5.41, 5.74) is 3.38. The van der Waals surface area contributed by atoms with Crippen molar-refractivity contribution < 1.29 is 18.8 Å². The number of carbonyl (C=O) groups is 1. The normalized spacial score (nSPS) is 15.3. The van der Waals surface area contributed by atoms with Gasteiger partial charge in [0.2, 0.25) is 0 Å². The summed E-state index contributed by atoms with van der Waals surface area (Å²) in [7, 11) is 0. The average Bonchev–Trinajstić information content (AvgIpc) is 3.15. The van der Waals surface area contributed by atoms with Crippen molar-refractivity contribution in [1.82, 2.24) is 15.4 Å². The lowest BCUT2D eigenvalue weighted by Crippen LogP contribution is -2.43. The molecule has 32 heavy (non-hydrogen) atoms. The van der Waals surface area contributed by atoms with Crippen LogP contribution >= 0.6 is 0 Å². The minimum absolute atomic E-state index is 0.117. The third-order valence-corrected chi connectivity index (χ3v) is 5.71. The number of aryl methyl sites for hydroxylation is 2. The molecule has 7 nitrogen and oxygen atoms in total. The smallest absolute Gasteiger partial charge is 0.251 e. The van der Waals surface area contributed by atoms with Crippen LogP contribution in [-0.2, 0) is 11.3 Å². The number of ether oxygens (including phenoxy) is 2. The molecule has 1 aliphatic rings. The molecule has 3 aromatic rings. The second-order valence-corrected chi connectivity index (χ2v) is 7.97. The van der Waals surface area contributed by atoms with E-state index in [-0.39, 0.29) is 11.9 Å². The number of hydrogen-bond donors (Lipinski definition) is 1. The Kier molecular flexibility index (Phi) is 7.19. The number of amides is 1. The van der Waals surface area contributed by atoms with Gasteiger partial charge in [0.05, 0.1) is 30.5 Å². The molecule has 1 aromatic heterocycles. The van der Waals surface area contributed by atoms with Crippen LogP contribution in [0.1, 0.15) is 39.0 Å². The quantitative estimate of drug-likeness (QED) is 0.582. The van der Waals surface area contributed by atoms with E-state index in [0.29, 0.717) is 17.9 Å². The van der Waals surface area contributed by atoms with Crippen LogP contribution in [0, 0.1) is 13.8 Å². The van der Waals surface area contributed by atoms with E-state index in [4.69, 9.17) is 14.0 Å². The van der Waals surface area contributed by atoms with E-state index in [1.165, 1.54) is 0 Å². The van der Waals surface area contributed by atoms with Crippen LogP contribution in [0.2, 0.25) is 0 Å². The van der Waals surface area contributed by atoms with Gasteiger partial charge in [-0.1, -0.05) is 41.6 Å². The largest absolute Gasteiger partial charge is 0.489 e. The SMILES string of the molecule is Cc1noc(C)c1COc1cccc(C(=O)NC(CN2CCOCC2)c2ccccc2)c1. The monoisotopic (exact) mass is 435 g/mol. The summed E-state index contributed by atoms with van der Waals surface area (Å²) in [6.07, 6.45) is 0. The second kappa shape index (κ2) is 10.4. The summed E-state index contributed by atoms with van der Waals surface area (Å²) < 4.78 is 16.6. The van der Waals surface area contributed by atoms with Gasteiger partial charge in [-0.05, 0) is 37.6 Å². The Balaban J connectivity index is 1.45. The Morgan fingerprint density at radius 3 is 2.62 bits per heavy atom. The van der Waals surface area contributed by atoms with Crippen molar-refractivity contribution in [2.75, 3.05) is 32.8 Å². The maximum Gasteiger partial charge on any atom is 0.251 e. The average molecular weight is 436 g/mol. The lowest BCUT2D eigenvalue weighted by atomic mass is 10.1. The van der Waals surface area contributed by atoms with Crippen LogP contribution < -0.4 is 10.1 Å². The summed E-state index contributed by atoms with van der Waals surface area (Å²) in [4.78, 5) is 15.5. The Morgan fingerprint density at radius 2 is 1.91 bits per heavy atom. The molecule has 1 fully saturated rings. The zero-order chi connectivity index (χ0) is 22.3. The van der Waals surface area contributed by atoms with E-state index >= 15 is 0 Å². The Morgan fingerprint density at radius 1 is 1.12 bits per heavy atom. The zero-order valence-corrected chi connectivity index (χ0v) is 18.5. The van der Waals surface area contributed by atoms with Gasteiger partial charge in [0.15, 0.2) is 0 Å². The van der Waals surface area contributed by atoms with Crippen LogP contribution in [0.3, 0.4) is 0 Å². The topological polar surface area (TPSA) is 76.8 Å². The molecule has 1 aliphatic heterocycles. The molecule has 168 valence electrons. The van der Waals surface area contributed by atoms with Crippen LogP contribution in [0.5, 0.6) is 5.75 Å². The van der Waals surface area contributed by atoms with Crippen LogP contribution in [0.4, 0.5) is 0 Å². The highest BCUT2D eigenvalue weighted by molar-refractivity contribution is 5.94. The molecule has 1 unspecified atom stereocenters. The summed E-state index contributed by atoms with van der Waals surface area (Å²) in [5, 5.41) is 7.16. The Bertz CT molecular complexity index is 1010. The van der Waals surface area contributed by atoms with Gasteiger partial charge in [0.25, 0.3) is 5.91 Å². The number of hydrogen-bond acceptors (Lipinski definition) is 6. The molecule has 0 radical (unpaired) electrons. The molecule has 2 aromatic carbocycles. The van der Waals surface area contributed by atoms with Gasteiger partial charge in [-0.25, -0.2) is 0 Å². The van der Waals surface area contributed by atoms with Gasteiger partial charge in [0, 0.05) is 25.2 Å². The molecule has 4 rings (SSSR count). The van der Waals surface area contributed by atoms with Crippen molar-refractivity contribution in [1.29, 1.82) is 0 Å². The molecule has 1 atom stereocenters. The van der Waals surface area contributed by atoms with E-state index in [1.807, 2.05) is 44.2 Å². The molecule has 1 N–H and O–H groups in total. The van der Waals surface area contributed by atoms with Gasteiger partial charge in [-0.15, -0.1) is 0 Å². The third kappa shape index (κ3) is 5.55. The Hall–Kier alpha value is -3.16. The molecule has 2 heterocycles. The standard InChI is InChI=1S/C25H29N3O4/c1-18-23(19(2)32-27-18)17-31-22-10-6-9-21(15-22)25(29)26-24(20-7-4-3-5-8-20)16-28-11-13-30-14-12-28/h3-10,15,24H,11-14,16-17H2,1-2H3,(H,26,29). The van der Waals surface area contributed by atoms with Gasteiger partial charge in [-0.2, -0.15) is 0 Å². The molecular weight excluding hydrogens is 406 g/mol. The third-order valence-electron chi connectivity index (χ3n) is 5.71. The molecule has 7 heteroatoms. The fourth-order valence-corrected chi connectivity index (χ4v) is 3.79. The lowest BCUT2D eigenvalue weighted by molar-refractivity contribution is 0.0332. The number of rotatable bonds is 8. The second-order valence-electron chi connectivity index (χ2n) is 7.97. The van der Waals surface area contributed by atoms with Gasteiger partial charge < -0.3 is 19.3 Å². The van der Waals surface area contributed by atoms with Gasteiger partial charge in [-0.3, -0.25) is 9.69 Å². The van der Waals surface area contributed by atoms with Gasteiger partial charge in [0.1, 0.15) is 18.1 Å². The van der Waals surface area contributed by atoms with Crippen LogP contribution in [-0.4, -0.2) is 48.8 Å². The fourth-order valence-electron chi connectivity index (χ4n) is 3.79. The molecule has 0 spiro atoms. The van der Waals surface area contributed by atoms with Crippen molar-refractivity contribution in [2.45, 2.75) is 26.5 Å². The number of nitrogens with one attached hydrogen (secondary N) is 1. The fraction of sp³-hybridized carbons (Fsp3) is 0.360. The van der Waals surface area contributed by atoms with Crippen LogP contribution in [0.15, 0.2) is 59.1 Å². The summed E-state index contributed by atoms with van der Waals surface area (Å²) >= 11 is 0. The number of benzene rings is 2. The van der Waals surface area contributed by atoms with E-state index in [9.17, 15) is 4.79 Å². The van der Waals surface area contributed by atoms with Crippen LogP contribution in [0.25, 0.3) is 0 Å². The predicted octanol–water partition coefficient (Wildman–Crippen LogP) is 3.67. The number of morpholine rings is 1. The highest BCUT2D eigenvalue weighted by Gasteiger charge is 2.21. The molecule has 0 saturated carbocycles. The minimum Gasteiger partial charge on any atom is -0.489 e. The van der Waals surface area contributed by atoms with E-state index < -0.39 is 0 Å². The van der Waals surface area contributed by atoms with E-state index in [0.717, 1.165) is 55.4 Å².